The highest BCUT2D eigenvalue weighted by atomic mass is 16.7. The quantitative estimate of drug-likeness (QED) is 0.532. The van der Waals surface area contributed by atoms with E-state index in [1.54, 1.807) is 0 Å². The van der Waals surface area contributed by atoms with E-state index in [1.807, 2.05) is 7.11 Å². The molecule has 2 unspecified atom stereocenters. The molecular formula is C22H42N2O3. The normalized spacial score (nSPS) is 35.3. The van der Waals surface area contributed by atoms with Crippen LogP contribution in [0, 0.1) is 11.8 Å². The molecule has 0 aromatic rings. The van der Waals surface area contributed by atoms with Crippen molar-refractivity contribution < 1.29 is 14.3 Å². The van der Waals surface area contributed by atoms with Crippen molar-refractivity contribution in [1.29, 1.82) is 0 Å². The molecule has 2 heterocycles. The number of nitrogens with zero attached hydrogens (tertiary/aromatic N) is 2. The van der Waals surface area contributed by atoms with E-state index in [4.69, 9.17) is 14.3 Å². The number of rotatable bonds is 10. The third kappa shape index (κ3) is 3.59. The summed E-state index contributed by atoms with van der Waals surface area (Å²) in [7, 11) is 1.89. The molecular weight excluding hydrogens is 340 g/mol. The monoisotopic (exact) mass is 382 g/mol. The van der Waals surface area contributed by atoms with Crippen molar-refractivity contribution in [2.24, 2.45) is 11.8 Å². The Hall–Kier alpha value is -0.200. The molecule has 0 spiro atoms. The molecule has 5 heteroatoms. The molecule has 0 amide bonds. The first-order chi connectivity index (χ1) is 12.8. The van der Waals surface area contributed by atoms with Crippen LogP contribution < -0.4 is 0 Å². The fourth-order valence-electron chi connectivity index (χ4n) is 6.24. The smallest absolute Gasteiger partial charge is 0.131 e. The van der Waals surface area contributed by atoms with Crippen molar-refractivity contribution >= 4 is 0 Å². The van der Waals surface area contributed by atoms with Crippen molar-refractivity contribution in [2.75, 3.05) is 40.0 Å². The Morgan fingerprint density at radius 2 is 1.44 bits per heavy atom. The Morgan fingerprint density at radius 1 is 0.889 bits per heavy atom. The van der Waals surface area contributed by atoms with Gasteiger partial charge in [0.15, 0.2) is 0 Å². The largest absolute Gasteiger partial charge is 0.379 e. The summed E-state index contributed by atoms with van der Waals surface area (Å²) in [6.45, 7) is 16.0. The van der Waals surface area contributed by atoms with Crippen molar-refractivity contribution in [3.8, 4) is 0 Å². The molecule has 3 fully saturated rings. The van der Waals surface area contributed by atoms with E-state index in [1.165, 1.54) is 32.1 Å². The van der Waals surface area contributed by atoms with Gasteiger partial charge in [0.25, 0.3) is 0 Å². The molecule has 2 saturated heterocycles. The predicted molar refractivity (Wildman–Crippen MR) is 108 cm³/mol. The minimum Gasteiger partial charge on any atom is -0.379 e. The maximum atomic E-state index is 6.40. The van der Waals surface area contributed by atoms with E-state index in [9.17, 15) is 0 Å². The number of hydrogen-bond donors (Lipinski definition) is 0. The molecule has 27 heavy (non-hydrogen) atoms. The van der Waals surface area contributed by atoms with Crippen LogP contribution in [0.25, 0.3) is 0 Å². The van der Waals surface area contributed by atoms with Crippen LogP contribution in [0.1, 0.15) is 73.1 Å². The highest BCUT2D eigenvalue weighted by Crippen LogP contribution is 2.72. The van der Waals surface area contributed by atoms with Gasteiger partial charge in [0, 0.05) is 43.1 Å². The molecule has 0 bridgehead atoms. The van der Waals surface area contributed by atoms with Crippen molar-refractivity contribution in [1.82, 2.24) is 9.96 Å². The third-order valence-electron chi connectivity index (χ3n) is 7.24. The number of morpholine rings is 1. The minimum absolute atomic E-state index is 0.0370. The Morgan fingerprint density at radius 3 is 2.00 bits per heavy atom. The summed E-state index contributed by atoms with van der Waals surface area (Å²) in [6.07, 6.45) is 7.78. The molecule has 2 atom stereocenters. The maximum absolute atomic E-state index is 6.40. The number of fused-ring (bicyclic) bond motifs is 1. The van der Waals surface area contributed by atoms with Crippen LogP contribution in [-0.4, -0.2) is 66.8 Å². The Labute approximate surface area is 166 Å². The second-order valence-electron chi connectivity index (χ2n) is 9.71. The van der Waals surface area contributed by atoms with Gasteiger partial charge in [-0.05, 0) is 34.1 Å². The van der Waals surface area contributed by atoms with Crippen LogP contribution in [0.2, 0.25) is 0 Å². The molecule has 3 aliphatic rings. The zero-order valence-electron chi connectivity index (χ0n) is 18.6. The topological polar surface area (TPSA) is 34.2 Å². The number of piperidine rings is 1. The van der Waals surface area contributed by atoms with E-state index in [2.05, 4.69) is 44.6 Å². The average molecular weight is 383 g/mol. The van der Waals surface area contributed by atoms with E-state index in [-0.39, 0.29) is 16.8 Å². The van der Waals surface area contributed by atoms with Crippen molar-refractivity contribution in [2.45, 2.75) is 89.9 Å². The Balaban J connectivity index is 1.60. The van der Waals surface area contributed by atoms with Gasteiger partial charge in [0.2, 0.25) is 0 Å². The van der Waals surface area contributed by atoms with Gasteiger partial charge in [-0.25, -0.2) is 0 Å². The van der Waals surface area contributed by atoms with Gasteiger partial charge in [0.05, 0.1) is 19.8 Å². The molecule has 1 saturated carbocycles. The summed E-state index contributed by atoms with van der Waals surface area (Å²) in [4.78, 5) is 8.93. The average Bonchev–Trinajstić information content (AvgIpc) is 3.33. The van der Waals surface area contributed by atoms with Crippen LogP contribution in [-0.2, 0) is 14.3 Å². The maximum Gasteiger partial charge on any atom is 0.131 e. The molecule has 0 radical (unpaired) electrons. The van der Waals surface area contributed by atoms with Gasteiger partial charge >= 0.3 is 0 Å². The summed E-state index contributed by atoms with van der Waals surface area (Å²) >= 11 is 0. The Kier molecular flexibility index (Phi) is 6.59. The predicted octanol–water partition coefficient (Wildman–Crippen LogP) is 4.07. The number of ether oxygens (including phenoxy) is 2. The van der Waals surface area contributed by atoms with Gasteiger partial charge in [-0.2, -0.15) is 5.06 Å². The van der Waals surface area contributed by atoms with Crippen LogP contribution in [0.3, 0.4) is 0 Å². The highest BCUT2D eigenvalue weighted by molar-refractivity contribution is 5.31. The summed E-state index contributed by atoms with van der Waals surface area (Å²) in [5.41, 5.74) is -0.230. The first-order valence-electron chi connectivity index (χ1n) is 11.2. The van der Waals surface area contributed by atoms with Crippen molar-refractivity contribution in [3.05, 3.63) is 0 Å². The van der Waals surface area contributed by atoms with Crippen LogP contribution in [0.5, 0.6) is 0 Å². The lowest BCUT2D eigenvalue weighted by Gasteiger charge is -2.48. The minimum atomic E-state index is -0.156. The zero-order valence-corrected chi connectivity index (χ0v) is 18.6. The number of methoxy groups -OCH3 is 1. The SMILES string of the molecule is CCCCCCCCON1C(C)(C)C2C(C1(C)C)C2(OC)N1CCOCC1. The summed E-state index contributed by atoms with van der Waals surface area (Å²) < 4.78 is 11.8. The van der Waals surface area contributed by atoms with E-state index in [0.29, 0.717) is 11.8 Å². The lowest BCUT2D eigenvalue weighted by Crippen LogP contribution is -2.61. The van der Waals surface area contributed by atoms with E-state index < -0.39 is 0 Å². The molecule has 2 aliphatic heterocycles. The van der Waals surface area contributed by atoms with Crippen LogP contribution >= 0.6 is 0 Å². The van der Waals surface area contributed by atoms with Gasteiger partial charge in [-0.3, -0.25) is 9.74 Å². The lowest BCUT2D eigenvalue weighted by atomic mass is 9.95. The molecule has 1 aliphatic carbocycles. The third-order valence-corrected chi connectivity index (χ3v) is 7.24. The molecule has 0 aromatic heterocycles. The first kappa shape index (κ1) is 21.5. The zero-order chi connectivity index (χ0) is 19.7. The summed E-state index contributed by atoms with van der Waals surface area (Å²) in [6, 6.07) is 0. The van der Waals surface area contributed by atoms with Gasteiger partial charge in [-0.15, -0.1) is 0 Å². The summed E-state index contributed by atoms with van der Waals surface area (Å²) in [5, 5.41) is 2.30. The highest BCUT2D eigenvalue weighted by Gasteiger charge is 2.84. The van der Waals surface area contributed by atoms with Gasteiger partial charge < -0.3 is 9.47 Å². The molecule has 158 valence electrons. The van der Waals surface area contributed by atoms with Gasteiger partial charge in [0.1, 0.15) is 5.72 Å². The lowest BCUT2D eigenvalue weighted by molar-refractivity contribution is -0.278. The number of unbranched alkanes of at least 4 members (excludes halogenated alkanes) is 5. The number of hydroxylamine groups is 2. The molecule has 0 aromatic carbocycles. The Bertz CT molecular complexity index is 466. The summed E-state index contributed by atoms with van der Waals surface area (Å²) in [5.74, 6) is 0.931. The van der Waals surface area contributed by atoms with E-state index in [0.717, 1.165) is 39.3 Å². The number of hydrogen-bond acceptors (Lipinski definition) is 5. The molecule has 3 rings (SSSR count). The molecule has 0 N–H and O–H groups in total. The van der Waals surface area contributed by atoms with Crippen LogP contribution in [0.4, 0.5) is 0 Å². The molecule has 5 nitrogen and oxygen atoms in total. The first-order valence-corrected chi connectivity index (χ1v) is 11.2. The fraction of sp³-hybridized carbons (Fsp3) is 1.00. The van der Waals surface area contributed by atoms with Gasteiger partial charge in [-0.1, -0.05) is 39.0 Å². The van der Waals surface area contributed by atoms with Crippen LogP contribution in [0.15, 0.2) is 0 Å². The van der Waals surface area contributed by atoms with Crippen molar-refractivity contribution in [3.63, 3.8) is 0 Å². The standard InChI is InChI=1S/C22H42N2O3/c1-7-8-9-10-11-12-15-27-24-20(2,3)18-19(21(24,4)5)22(18,25-6)23-13-16-26-17-14-23/h18-19H,7-17H2,1-6H3. The van der Waals surface area contributed by atoms with E-state index >= 15 is 0 Å². The second kappa shape index (κ2) is 8.27. The fourth-order valence-corrected chi connectivity index (χ4v) is 6.24. The second-order valence-corrected chi connectivity index (χ2v) is 9.71.